The molecule has 0 radical (unpaired) electrons. The average molecular weight is 227 g/mol. The van der Waals surface area contributed by atoms with Crippen LogP contribution in [0.5, 0.6) is 0 Å². The van der Waals surface area contributed by atoms with Crippen molar-refractivity contribution in [3.05, 3.63) is 53.9 Å². The number of halogens is 2. The maximum atomic E-state index is 11.9. The van der Waals surface area contributed by atoms with E-state index in [4.69, 9.17) is 0 Å². The van der Waals surface area contributed by atoms with Crippen molar-refractivity contribution in [3.8, 4) is 0 Å². The first-order valence-electron chi connectivity index (χ1n) is 4.95. The zero-order valence-corrected chi connectivity index (χ0v) is 9.58. The summed E-state index contributed by atoms with van der Waals surface area (Å²) >= 11 is 0. The lowest BCUT2D eigenvalue weighted by atomic mass is 10.3. The van der Waals surface area contributed by atoms with Crippen molar-refractivity contribution in [3.63, 3.8) is 0 Å². The molecular weight excluding hydrogens is 212 g/mol. The first-order valence-corrected chi connectivity index (χ1v) is 4.95. The first-order chi connectivity index (χ1) is 7.68. The number of aromatic nitrogens is 1. The Hall–Kier alpha value is -1.71. The summed E-state index contributed by atoms with van der Waals surface area (Å²) in [5.41, 5.74) is 1.06. The number of hydrogen-bond acceptors (Lipinski definition) is 2. The third-order valence-electron chi connectivity index (χ3n) is 1.34. The minimum atomic E-state index is -0.537. The van der Waals surface area contributed by atoms with Gasteiger partial charge in [0.05, 0.1) is 6.20 Å². The Morgan fingerprint density at radius 1 is 1.12 bits per heavy atom. The Kier molecular flexibility index (Phi) is 7.67. The zero-order valence-electron chi connectivity index (χ0n) is 9.58. The molecule has 16 heavy (non-hydrogen) atoms. The zero-order chi connectivity index (χ0) is 12.4. The minimum absolute atomic E-state index is 0.537. The van der Waals surface area contributed by atoms with Crippen LogP contribution < -0.4 is 0 Å². The molecule has 2 rings (SSSR count). The Bertz CT molecular complexity index is 357. The molecule has 0 amide bonds. The van der Waals surface area contributed by atoms with Gasteiger partial charge in [0.1, 0.15) is 17.9 Å². The van der Waals surface area contributed by atoms with Crippen LogP contribution in [0.3, 0.4) is 0 Å². The highest BCUT2D eigenvalue weighted by molar-refractivity contribution is 5.04. The highest BCUT2D eigenvalue weighted by Crippen LogP contribution is 1.99. The average Bonchev–Trinajstić information content (AvgIpc) is 2.73. The molecule has 0 aliphatic carbocycles. The normalized spacial score (nSPS) is 8.31. The fourth-order valence-electron chi connectivity index (χ4n) is 0.717. The number of benzene rings is 1. The van der Waals surface area contributed by atoms with Gasteiger partial charge in [0, 0.05) is 11.6 Å². The Morgan fingerprint density at radius 3 is 1.88 bits per heavy atom. The third kappa shape index (κ3) is 6.70. The van der Waals surface area contributed by atoms with Gasteiger partial charge >= 0.3 is 0 Å². The lowest BCUT2D eigenvalue weighted by Crippen LogP contribution is -1.73. The van der Waals surface area contributed by atoms with Gasteiger partial charge in [0.25, 0.3) is 0 Å². The number of hydrogen-bond donors (Lipinski definition) is 0. The summed E-state index contributed by atoms with van der Waals surface area (Å²) in [6.07, 6.45) is 3.26. The molecule has 0 bridgehead atoms. The van der Waals surface area contributed by atoms with Crippen LogP contribution in [0.4, 0.5) is 8.78 Å². The van der Waals surface area contributed by atoms with Gasteiger partial charge in [-0.2, -0.15) is 0 Å². The van der Waals surface area contributed by atoms with E-state index in [1.54, 1.807) is 12.5 Å². The van der Waals surface area contributed by atoms with Crippen molar-refractivity contribution >= 4 is 0 Å². The van der Waals surface area contributed by atoms with E-state index in [0.29, 0.717) is 0 Å². The molecule has 1 heterocycles. The molecule has 0 fully saturated rings. The van der Waals surface area contributed by atoms with Crippen LogP contribution in [0, 0.1) is 18.6 Å². The van der Waals surface area contributed by atoms with Crippen LogP contribution >= 0.6 is 0 Å². The molecule has 4 heteroatoms. The van der Waals surface area contributed by atoms with Crippen LogP contribution in [-0.2, 0) is 0 Å². The smallest absolute Gasteiger partial charge is 0.126 e. The second-order valence-electron chi connectivity index (χ2n) is 2.64. The van der Waals surface area contributed by atoms with Crippen molar-refractivity contribution in [1.29, 1.82) is 0 Å². The quantitative estimate of drug-likeness (QED) is 0.680. The van der Waals surface area contributed by atoms with E-state index in [1.165, 1.54) is 18.2 Å². The molecule has 0 aliphatic heterocycles. The molecule has 88 valence electrons. The summed E-state index contributed by atoms with van der Waals surface area (Å²) in [5.74, 6) is -1.07. The predicted octanol–water partition coefficient (Wildman–Crippen LogP) is 3.97. The van der Waals surface area contributed by atoms with Gasteiger partial charge in [-0.1, -0.05) is 25.1 Å². The minimum Gasteiger partial charge on any atom is -0.365 e. The topological polar surface area (TPSA) is 26.0 Å². The Morgan fingerprint density at radius 2 is 1.69 bits per heavy atom. The van der Waals surface area contributed by atoms with E-state index in [-0.39, 0.29) is 0 Å². The van der Waals surface area contributed by atoms with E-state index < -0.39 is 11.6 Å². The molecule has 2 nitrogen and oxygen atoms in total. The molecule has 0 aliphatic rings. The Labute approximate surface area is 93.9 Å². The highest BCUT2D eigenvalue weighted by Gasteiger charge is 1.88. The van der Waals surface area contributed by atoms with Crippen LogP contribution in [0.2, 0.25) is 0 Å². The van der Waals surface area contributed by atoms with Crippen molar-refractivity contribution in [2.75, 3.05) is 0 Å². The summed E-state index contributed by atoms with van der Waals surface area (Å²) in [4.78, 5) is 0. The first kappa shape index (κ1) is 14.3. The molecule has 2 aromatic rings. The van der Waals surface area contributed by atoms with Crippen LogP contribution in [0.25, 0.3) is 0 Å². The van der Waals surface area contributed by atoms with E-state index >= 15 is 0 Å². The van der Waals surface area contributed by atoms with Gasteiger partial charge in [-0.25, -0.2) is 8.78 Å². The fraction of sp³-hybridized carbons (Fsp3) is 0.250. The summed E-state index contributed by atoms with van der Waals surface area (Å²) in [7, 11) is 0. The highest BCUT2D eigenvalue weighted by atomic mass is 19.1. The molecule has 1 aromatic carbocycles. The van der Waals surface area contributed by atoms with E-state index in [1.807, 2.05) is 20.8 Å². The second-order valence-corrected chi connectivity index (χ2v) is 2.64. The largest absolute Gasteiger partial charge is 0.365 e. The van der Waals surface area contributed by atoms with Crippen molar-refractivity contribution in [2.24, 2.45) is 0 Å². The summed E-state index contributed by atoms with van der Waals surface area (Å²) < 4.78 is 28.3. The lowest BCUT2D eigenvalue weighted by Gasteiger charge is -1.84. The monoisotopic (exact) mass is 227 g/mol. The van der Waals surface area contributed by atoms with Crippen LogP contribution in [0.1, 0.15) is 19.4 Å². The third-order valence-corrected chi connectivity index (χ3v) is 1.34. The van der Waals surface area contributed by atoms with Gasteiger partial charge < -0.3 is 4.52 Å². The molecule has 1 aromatic heterocycles. The van der Waals surface area contributed by atoms with Gasteiger partial charge in [0.15, 0.2) is 0 Å². The molecular formula is C12H15F2NO. The summed E-state index contributed by atoms with van der Waals surface area (Å²) in [6, 6.07) is 4.55. The molecule has 0 atom stereocenters. The maximum absolute atomic E-state index is 11.9. The van der Waals surface area contributed by atoms with Gasteiger partial charge in [-0.3, -0.25) is 0 Å². The van der Waals surface area contributed by atoms with Crippen molar-refractivity contribution in [1.82, 2.24) is 5.16 Å². The maximum Gasteiger partial charge on any atom is 0.126 e. The van der Waals surface area contributed by atoms with E-state index in [0.717, 1.165) is 11.6 Å². The van der Waals surface area contributed by atoms with E-state index in [9.17, 15) is 8.78 Å². The molecule has 0 saturated carbocycles. The van der Waals surface area contributed by atoms with Crippen LogP contribution in [0.15, 0.2) is 41.2 Å². The SMILES string of the molecule is CC.Cc1cnoc1.Fc1cccc(F)c1. The summed E-state index contributed by atoms with van der Waals surface area (Å²) in [5, 5.41) is 3.45. The second kappa shape index (κ2) is 8.59. The van der Waals surface area contributed by atoms with Crippen molar-refractivity contribution < 1.29 is 13.3 Å². The Balaban J connectivity index is 0.000000251. The fourth-order valence-corrected chi connectivity index (χ4v) is 0.717. The predicted molar refractivity (Wildman–Crippen MR) is 58.9 cm³/mol. The number of aryl methyl sites for hydroxylation is 1. The van der Waals surface area contributed by atoms with Gasteiger partial charge in [-0.05, 0) is 19.1 Å². The molecule has 0 spiro atoms. The van der Waals surface area contributed by atoms with Gasteiger partial charge in [-0.15, -0.1) is 0 Å². The van der Waals surface area contributed by atoms with E-state index in [2.05, 4.69) is 9.68 Å². The molecule has 0 unspecified atom stereocenters. The number of nitrogens with zero attached hydrogens (tertiary/aromatic N) is 1. The summed E-state index contributed by atoms with van der Waals surface area (Å²) in [6.45, 7) is 5.93. The van der Waals surface area contributed by atoms with Crippen LogP contribution in [-0.4, -0.2) is 5.16 Å². The molecule has 0 N–H and O–H groups in total. The van der Waals surface area contributed by atoms with Crippen molar-refractivity contribution in [2.45, 2.75) is 20.8 Å². The molecule has 0 saturated heterocycles. The standard InChI is InChI=1S/C6H4F2.C4H5NO.C2H6/c7-5-2-1-3-6(8)4-5;1-4-2-5-6-3-4;1-2/h1-4H;2-3H,1H3;1-2H3. The lowest BCUT2D eigenvalue weighted by molar-refractivity contribution is 0.419. The number of rotatable bonds is 0. The van der Waals surface area contributed by atoms with Gasteiger partial charge in [0.2, 0.25) is 0 Å².